The summed E-state index contributed by atoms with van der Waals surface area (Å²) in [4.78, 5) is 0. The predicted octanol–water partition coefficient (Wildman–Crippen LogP) is 5.86. The highest BCUT2D eigenvalue weighted by atomic mass is 31.1. The first-order chi connectivity index (χ1) is 8.41. The molecule has 0 spiro atoms. The largest absolute Gasteiger partial charge is 0.106 e. The monoisotopic (exact) mass is 267 g/mol. The van der Waals surface area contributed by atoms with Gasteiger partial charge in [0.1, 0.15) is 6.16 Å². The minimum atomic E-state index is 0.0510. The summed E-state index contributed by atoms with van der Waals surface area (Å²) in [5.74, 6) is 0.835. The van der Waals surface area contributed by atoms with Gasteiger partial charge in [0.2, 0.25) is 0 Å². The van der Waals surface area contributed by atoms with Gasteiger partial charge >= 0.3 is 0 Å². The van der Waals surface area contributed by atoms with Crippen LogP contribution in [0.5, 0.6) is 0 Å². The van der Waals surface area contributed by atoms with E-state index in [1.54, 1.807) is 5.57 Å². The fraction of sp³-hybridized carbons (Fsp3) is 0.824. The lowest BCUT2D eigenvalue weighted by molar-refractivity contribution is 0.546. The summed E-state index contributed by atoms with van der Waals surface area (Å²) >= 11 is 0. The van der Waals surface area contributed by atoms with Crippen LogP contribution in [-0.4, -0.2) is 19.1 Å². The smallest absolute Gasteiger partial charge is 0.0853 e. The van der Waals surface area contributed by atoms with Crippen molar-refractivity contribution in [2.75, 3.05) is 12.8 Å². The van der Waals surface area contributed by atoms with Crippen molar-refractivity contribution in [1.29, 1.82) is 0 Å². The van der Waals surface area contributed by atoms with Gasteiger partial charge in [0.25, 0.3) is 0 Å². The maximum Gasteiger partial charge on any atom is 0.106 e. The first-order valence-electron chi connectivity index (χ1n) is 7.61. The molecule has 0 bridgehead atoms. The summed E-state index contributed by atoms with van der Waals surface area (Å²) in [5, 5.41) is 0. The third-order valence-electron chi connectivity index (χ3n) is 3.97. The van der Waals surface area contributed by atoms with Gasteiger partial charge in [-0.15, -0.1) is 0 Å². The van der Waals surface area contributed by atoms with Crippen molar-refractivity contribution in [1.82, 2.24) is 0 Å². The van der Waals surface area contributed by atoms with Gasteiger partial charge in [-0.05, 0) is 56.3 Å². The molecule has 0 amide bonds. The summed E-state index contributed by atoms with van der Waals surface area (Å²) in [5.41, 5.74) is 2.41. The van der Waals surface area contributed by atoms with Crippen LogP contribution in [0.4, 0.5) is 0 Å². The quantitative estimate of drug-likeness (QED) is 0.362. The van der Waals surface area contributed by atoms with Crippen molar-refractivity contribution in [3.8, 4) is 0 Å². The zero-order chi connectivity index (χ0) is 13.6. The molecule has 1 rings (SSSR count). The fourth-order valence-electron chi connectivity index (χ4n) is 2.40. The molecule has 104 valence electrons. The summed E-state index contributed by atoms with van der Waals surface area (Å²) in [6.07, 6.45) is 17.6. The van der Waals surface area contributed by atoms with Crippen LogP contribution in [0.2, 0.25) is 0 Å². The molecule has 0 aliphatic heterocycles. The minimum Gasteiger partial charge on any atom is -0.0853 e. The molecular formula is C17H32P+. The van der Waals surface area contributed by atoms with E-state index < -0.39 is 0 Å². The zero-order valence-electron chi connectivity index (χ0n) is 13.0. The van der Waals surface area contributed by atoms with E-state index in [1.165, 1.54) is 51.1 Å². The molecular weight excluding hydrogens is 235 g/mol. The van der Waals surface area contributed by atoms with Crippen LogP contribution in [0.25, 0.3) is 0 Å². The van der Waals surface area contributed by atoms with Crippen molar-refractivity contribution in [3.63, 3.8) is 0 Å². The molecule has 1 aliphatic carbocycles. The van der Waals surface area contributed by atoms with E-state index in [4.69, 9.17) is 0 Å². The Morgan fingerprint density at radius 3 is 2.56 bits per heavy atom. The number of allylic oxidation sites excluding steroid dienone is 2. The second-order valence-corrected chi connectivity index (χ2v) is 9.16. The van der Waals surface area contributed by atoms with Crippen LogP contribution >= 0.6 is 7.55 Å². The van der Waals surface area contributed by atoms with Gasteiger partial charge in [0, 0.05) is 0 Å². The highest BCUT2D eigenvalue weighted by molar-refractivity contribution is 7.54. The Morgan fingerprint density at radius 1 is 1.39 bits per heavy atom. The van der Waals surface area contributed by atoms with Gasteiger partial charge in [0.05, 0.1) is 20.5 Å². The molecule has 0 aromatic rings. The van der Waals surface area contributed by atoms with Gasteiger partial charge in [-0.25, -0.2) is 0 Å². The molecule has 1 heteroatoms. The average Bonchev–Trinajstić information content (AvgIpc) is 2.94. The van der Waals surface area contributed by atoms with Crippen molar-refractivity contribution >= 4 is 13.8 Å². The molecule has 1 saturated carbocycles. The summed E-state index contributed by atoms with van der Waals surface area (Å²) in [7, 11) is 0.0510. The molecule has 1 aliphatic rings. The molecule has 1 fully saturated rings. The van der Waals surface area contributed by atoms with E-state index in [-0.39, 0.29) is 7.55 Å². The Labute approximate surface area is 116 Å². The number of rotatable bonds is 9. The fourth-order valence-corrected chi connectivity index (χ4v) is 3.10. The van der Waals surface area contributed by atoms with Gasteiger partial charge in [-0.3, -0.25) is 0 Å². The first kappa shape index (κ1) is 16.0. The number of hydrogen-bond donors (Lipinski definition) is 0. The highest BCUT2D eigenvalue weighted by Crippen LogP contribution is 2.50. The molecule has 0 radical (unpaired) electrons. The van der Waals surface area contributed by atoms with Crippen LogP contribution in [0.1, 0.15) is 65.7 Å². The molecule has 1 unspecified atom stereocenters. The van der Waals surface area contributed by atoms with Crippen LogP contribution in [0.15, 0.2) is 11.6 Å². The lowest BCUT2D eigenvalue weighted by atomic mass is 9.94. The highest BCUT2D eigenvalue weighted by Gasteiger charge is 2.37. The van der Waals surface area contributed by atoms with Gasteiger partial charge in [-0.1, -0.05) is 32.4 Å². The molecule has 0 nitrogen and oxygen atoms in total. The maximum atomic E-state index is 4.15. The van der Waals surface area contributed by atoms with Crippen molar-refractivity contribution in [2.45, 2.75) is 65.7 Å². The SMILES string of the molecule is C=[P+](C)CCCC(=CCCC(C)C)CC1(C)CC1. The summed E-state index contributed by atoms with van der Waals surface area (Å²) in [6.45, 7) is 9.39. The van der Waals surface area contributed by atoms with Crippen molar-refractivity contribution < 1.29 is 0 Å². The Bertz CT molecular complexity index is 295. The zero-order valence-corrected chi connectivity index (χ0v) is 13.9. The Hall–Kier alpha value is -0.0900. The van der Waals surface area contributed by atoms with Crippen molar-refractivity contribution in [3.05, 3.63) is 11.6 Å². The Kier molecular flexibility index (Phi) is 6.64. The van der Waals surface area contributed by atoms with Gasteiger partial charge in [-0.2, -0.15) is 0 Å². The van der Waals surface area contributed by atoms with Crippen LogP contribution in [-0.2, 0) is 0 Å². The van der Waals surface area contributed by atoms with Gasteiger partial charge in [0.15, 0.2) is 0 Å². The molecule has 1 atom stereocenters. The lowest BCUT2D eigenvalue weighted by Crippen LogP contribution is -1.98. The predicted molar refractivity (Wildman–Crippen MR) is 88.2 cm³/mol. The first-order valence-corrected chi connectivity index (χ1v) is 9.77. The van der Waals surface area contributed by atoms with E-state index in [0.29, 0.717) is 5.41 Å². The third-order valence-corrected chi connectivity index (χ3v) is 5.05. The van der Waals surface area contributed by atoms with Crippen molar-refractivity contribution in [2.24, 2.45) is 11.3 Å². The molecule has 0 saturated heterocycles. The van der Waals surface area contributed by atoms with Crippen LogP contribution in [0, 0.1) is 11.3 Å². The third kappa shape index (κ3) is 7.37. The molecule has 18 heavy (non-hydrogen) atoms. The molecule has 0 N–H and O–H groups in total. The normalized spacial score (nSPS) is 19.2. The van der Waals surface area contributed by atoms with E-state index in [2.05, 4.69) is 39.8 Å². The summed E-state index contributed by atoms with van der Waals surface area (Å²) in [6, 6.07) is 0. The van der Waals surface area contributed by atoms with E-state index in [9.17, 15) is 0 Å². The topological polar surface area (TPSA) is 0 Å². The van der Waals surface area contributed by atoms with E-state index >= 15 is 0 Å². The second kappa shape index (κ2) is 7.49. The summed E-state index contributed by atoms with van der Waals surface area (Å²) < 4.78 is 0. The number of hydrogen-bond acceptors (Lipinski definition) is 0. The van der Waals surface area contributed by atoms with Crippen LogP contribution < -0.4 is 0 Å². The van der Waals surface area contributed by atoms with E-state index in [1.807, 2.05) is 0 Å². The molecule has 0 heterocycles. The minimum absolute atomic E-state index is 0.0510. The second-order valence-electron chi connectivity index (χ2n) is 7.00. The molecule has 0 aromatic carbocycles. The Balaban J connectivity index is 2.38. The van der Waals surface area contributed by atoms with Crippen LogP contribution in [0.3, 0.4) is 0 Å². The molecule has 0 aromatic heterocycles. The lowest BCUT2D eigenvalue weighted by Gasteiger charge is -2.12. The maximum absolute atomic E-state index is 4.15. The van der Waals surface area contributed by atoms with Gasteiger partial charge < -0.3 is 0 Å². The Morgan fingerprint density at radius 2 is 2.06 bits per heavy atom. The standard InChI is InChI=1S/C17H32P/c1-15(2)8-6-9-16(10-7-13-18(4)5)14-17(3)11-12-17/h9,15H,4,6-8,10-14H2,1-3,5H3/q+1. The average molecular weight is 267 g/mol. The van der Waals surface area contributed by atoms with E-state index in [0.717, 1.165) is 5.92 Å².